The fraction of sp³-hybridized carbons (Fsp3) is 0.167. The molecule has 0 aliphatic heterocycles. The van der Waals surface area contributed by atoms with Crippen molar-refractivity contribution in [3.05, 3.63) is 35.9 Å². The normalized spacial score (nSPS) is 10.7. The molecule has 0 aliphatic rings. The Morgan fingerprint density at radius 3 is 2.77 bits per heavy atom. The highest BCUT2D eigenvalue weighted by molar-refractivity contribution is 7.99. The van der Waals surface area contributed by atoms with Crippen molar-refractivity contribution in [3.8, 4) is 34.4 Å². The van der Waals surface area contributed by atoms with E-state index in [1.54, 1.807) is 13.1 Å². The van der Waals surface area contributed by atoms with Crippen molar-refractivity contribution < 1.29 is 14.9 Å². The van der Waals surface area contributed by atoms with Crippen LogP contribution in [0.5, 0.6) is 17.2 Å². The summed E-state index contributed by atoms with van der Waals surface area (Å²) in [7, 11) is 2.94. The highest BCUT2D eigenvalue weighted by Gasteiger charge is 2.21. The summed E-state index contributed by atoms with van der Waals surface area (Å²) in [4.78, 5) is 8.29. The molecule has 2 aromatic rings. The number of nitrogens with zero attached hydrogens (tertiary/aromatic N) is 3. The summed E-state index contributed by atoms with van der Waals surface area (Å²) in [6, 6.07) is 5.00. The van der Waals surface area contributed by atoms with E-state index in [1.807, 2.05) is 0 Å². The van der Waals surface area contributed by atoms with Gasteiger partial charge in [0.2, 0.25) is 5.75 Å². The van der Waals surface area contributed by atoms with Crippen LogP contribution in [0.15, 0.2) is 34.8 Å². The lowest BCUT2D eigenvalue weighted by Crippen LogP contribution is -2.05. The molecule has 134 valence electrons. The van der Waals surface area contributed by atoms with Crippen LogP contribution in [0, 0.1) is 11.3 Å². The van der Waals surface area contributed by atoms with E-state index in [1.165, 1.54) is 37.2 Å². The maximum atomic E-state index is 10.0. The summed E-state index contributed by atoms with van der Waals surface area (Å²) in [5, 5.41) is 30.1. The van der Waals surface area contributed by atoms with Gasteiger partial charge >= 0.3 is 0 Å². The second-order valence-electron chi connectivity index (χ2n) is 5.11. The number of aromatic nitrogens is 1. The van der Waals surface area contributed by atoms with Gasteiger partial charge < -0.3 is 20.7 Å². The Bertz CT molecular complexity index is 920. The molecule has 26 heavy (non-hydrogen) atoms. The maximum Gasteiger partial charge on any atom is 0.200 e. The van der Waals surface area contributed by atoms with Crippen molar-refractivity contribution in [1.82, 2.24) is 4.98 Å². The van der Waals surface area contributed by atoms with Gasteiger partial charge in [-0.25, -0.2) is 4.98 Å². The van der Waals surface area contributed by atoms with Crippen LogP contribution in [0.4, 0.5) is 5.82 Å². The molecule has 8 heteroatoms. The van der Waals surface area contributed by atoms with Crippen LogP contribution in [0.3, 0.4) is 0 Å². The monoisotopic (exact) mass is 370 g/mol. The first-order valence-electron chi connectivity index (χ1n) is 7.48. The molecule has 7 nitrogen and oxygen atoms in total. The van der Waals surface area contributed by atoms with Crippen LogP contribution in [0.1, 0.15) is 11.1 Å². The van der Waals surface area contributed by atoms with E-state index in [0.29, 0.717) is 27.5 Å². The van der Waals surface area contributed by atoms with E-state index >= 15 is 0 Å². The molecule has 0 unspecified atom stereocenters. The van der Waals surface area contributed by atoms with Crippen LogP contribution >= 0.6 is 11.8 Å². The zero-order chi connectivity index (χ0) is 19.3. The first-order chi connectivity index (χ1) is 12.5. The molecule has 1 aromatic heterocycles. The quantitative estimate of drug-likeness (QED) is 0.309. The Kier molecular flexibility index (Phi) is 6.09. The third-order valence-electron chi connectivity index (χ3n) is 3.50. The molecule has 2 rings (SSSR count). The van der Waals surface area contributed by atoms with Gasteiger partial charge in [0.15, 0.2) is 11.5 Å². The average molecular weight is 370 g/mol. The highest BCUT2D eigenvalue weighted by Crippen LogP contribution is 2.43. The number of ether oxygens (including phenoxy) is 1. The minimum atomic E-state index is -0.385. The summed E-state index contributed by atoms with van der Waals surface area (Å²) >= 11 is 1.32. The Hall–Kier alpha value is -3.18. The SMILES string of the molecule is C=CCSc1nc(N)c(C=NC)c(-c2cc(O)c(O)c(OC)c2)c1C#N. The van der Waals surface area contributed by atoms with Gasteiger partial charge in [-0.15, -0.1) is 18.3 Å². The number of aromatic hydroxyl groups is 2. The second-order valence-corrected chi connectivity index (χ2v) is 6.12. The number of nitriles is 1. The number of thioether (sulfide) groups is 1. The van der Waals surface area contributed by atoms with Crippen molar-refractivity contribution >= 4 is 23.8 Å². The largest absolute Gasteiger partial charge is 0.504 e. The van der Waals surface area contributed by atoms with Crippen LogP contribution in [-0.2, 0) is 0 Å². The average Bonchev–Trinajstić information content (AvgIpc) is 2.63. The smallest absolute Gasteiger partial charge is 0.200 e. The van der Waals surface area contributed by atoms with Crippen molar-refractivity contribution in [2.45, 2.75) is 5.03 Å². The van der Waals surface area contributed by atoms with E-state index in [-0.39, 0.29) is 28.6 Å². The van der Waals surface area contributed by atoms with E-state index in [9.17, 15) is 15.5 Å². The fourth-order valence-corrected chi connectivity index (χ4v) is 3.12. The minimum Gasteiger partial charge on any atom is -0.504 e. The predicted molar refractivity (Wildman–Crippen MR) is 103 cm³/mol. The van der Waals surface area contributed by atoms with E-state index < -0.39 is 0 Å². The van der Waals surface area contributed by atoms with E-state index in [0.717, 1.165) is 0 Å². The lowest BCUT2D eigenvalue weighted by atomic mass is 9.96. The molecule has 0 radical (unpaired) electrons. The molecule has 0 fully saturated rings. The Morgan fingerprint density at radius 1 is 1.46 bits per heavy atom. The molecule has 0 atom stereocenters. The fourth-order valence-electron chi connectivity index (χ4n) is 2.39. The predicted octanol–water partition coefficient (Wildman–Crippen LogP) is 2.95. The van der Waals surface area contributed by atoms with E-state index in [4.69, 9.17) is 10.5 Å². The van der Waals surface area contributed by atoms with Crippen molar-refractivity contribution in [2.24, 2.45) is 4.99 Å². The number of aliphatic imine (C=N–C) groups is 1. The molecule has 1 heterocycles. The van der Waals surface area contributed by atoms with Crippen LogP contribution in [-0.4, -0.2) is 41.3 Å². The number of methoxy groups -OCH3 is 1. The number of benzene rings is 1. The number of nitrogens with two attached hydrogens (primary N) is 1. The number of nitrogen functional groups attached to an aromatic ring is 1. The number of phenols is 2. The van der Waals surface area contributed by atoms with Crippen LogP contribution < -0.4 is 10.5 Å². The van der Waals surface area contributed by atoms with Crippen LogP contribution in [0.2, 0.25) is 0 Å². The van der Waals surface area contributed by atoms with Gasteiger partial charge in [0.25, 0.3) is 0 Å². The third-order valence-corrected chi connectivity index (χ3v) is 4.47. The maximum absolute atomic E-state index is 10.0. The molecule has 0 bridgehead atoms. The summed E-state index contributed by atoms with van der Waals surface area (Å²) in [5.74, 6) is 0.0510. The number of hydrogen-bond acceptors (Lipinski definition) is 8. The zero-order valence-corrected chi connectivity index (χ0v) is 15.2. The molecular weight excluding hydrogens is 352 g/mol. The molecule has 1 aromatic carbocycles. The second kappa shape index (κ2) is 8.27. The lowest BCUT2D eigenvalue weighted by Gasteiger charge is -2.15. The molecule has 0 spiro atoms. The van der Waals surface area contributed by atoms with Gasteiger partial charge in [0.05, 0.1) is 12.7 Å². The number of phenolic OH excluding ortho intramolecular Hbond substituents is 2. The van der Waals surface area contributed by atoms with Crippen LogP contribution in [0.25, 0.3) is 11.1 Å². The topological polar surface area (TPSA) is 125 Å². The standard InChI is InChI=1S/C18H18N4O3S/c1-4-5-26-18-11(8-19)15(12(9-21-2)17(20)22-18)10-6-13(23)16(24)14(7-10)25-3/h4,6-7,9,23-24H,1,5H2,2-3H3,(H2,20,22). The van der Waals surface area contributed by atoms with Crippen molar-refractivity contribution in [1.29, 1.82) is 5.26 Å². The molecule has 0 saturated heterocycles. The Labute approximate surface area is 155 Å². The molecular formula is C18H18N4O3S. The third kappa shape index (κ3) is 3.58. The number of anilines is 1. The first kappa shape index (κ1) is 19.1. The molecule has 4 N–H and O–H groups in total. The lowest BCUT2D eigenvalue weighted by molar-refractivity contribution is 0.351. The number of pyridine rings is 1. The van der Waals surface area contributed by atoms with Gasteiger partial charge in [-0.2, -0.15) is 5.26 Å². The summed E-state index contributed by atoms with van der Waals surface area (Å²) in [5.41, 5.74) is 7.71. The van der Waals surface area contributed by atoms with Gasteiger partial charge in [-0.05, 0) is 17.7 Å². The minimum absolute atomic E-state index is 0.0685. The Morgan fingerprint density at radius 2 is 2.19 bits per heavy atom. The summed E-state index contributed by atoms with van der Waals surface area (Å²) < 4.78 is 5.09. The van der Waals surface area contributed by atoms with Crippen molar-refractivity contribution in [3.63, 3.8) is 0 Å². The number of hydrogen-bond donors (Lipinski definition) is 3. The molecule has 0 aliphatic carbocycles. The van der Waals surface area contributed by atoms with E-state index in [2.05, 4.69) is 22.6 Å². The zero-order valence-electron chi connectivity index (χ0n) is 14.4. The summed E-state index contributed by atoms with van der Waals surface area (Å²) in [6.07, 6.45) is 3.19. The Balaban J connectivity index is 2.88. The molecule has 0 saturated carbocycles. The molecule has 0 amide bonds. The van der Waals surface area contributed by atoms with Gasteiger partial charge in [0, 0.05) is 30.1 Å². The highest BCUT2D eigenvalue weighted by atomic mass is 32.2. The van der Waals surface area contributed by atoms with Crippen molar-refractivity contribution in [2.75, 3.05) is 25.6 Å². The summed E-state index contributed by atoms with van der Waals surface area (Å²) in [6.45, 7) is 3.66. The van der Waals surface area contributed by atoms with Gasteiger partial charge in [-0.3, -0.25) is 4.99 Å². The number of rotatable bonds is 6. The van der Waals surface area contributed by atoms with Gasteiger partial charge in [-0.1, -0.05) is 6.08 Å². The van der Waals surface area contributed by atoms with Gasteiger partial charge in [0.1, 0.15) is 16.9 Å². The first-order valence-corrected chi connectivity index (χ1v) is 8.46.